The van der Waals surface area contributed by atoms with Gasteiger partial charge in [-0.25, -0.2) is 18.7 Å². The molecule has 0 radical (unpaired) electrons. The molecule has 0 atom stereocenters. The summed E-state index contributed by atoms with van der Waals surface area (Å²) < 4.78 is 35.3. The first-order chi connectivity index (χ1) is 17.9. The molecule has 9 heteroatoms. The molecule has 0 amide bonds. The van der Waals surface area contributed by atoms with E-state index in [1.807, 2.05) is 26.1 Å². The van der Waals surface area contributed by atoms with Gasteiger partial charge in [0.15, 0.2) is 17.4 Å². The number of anilines is 1. The molecule has 196 valence electrons. The predicted molar refractivity (Wildman–Crippen MR) is 140 cm³/mol. The van der Waals surface area contributed by atoms with Gasteiger partial charge in [0, 0.05) is 56.2 Å². The second-order valence-corrected chi connectivity index (χ2v) is 9.97. The van der Waals surface area contributed by atoms with Crippen LogP contribution in [0.4, 0.5) is 14.5 Å². The van der Waals surface area contributed by atoms with Crippen molar-refractivity contribution in [2.75, 3.05) is 50.8 Å². The molecular weight excluding hydrogens is 474 g/mol. The lowest BCUT2D eigenvalue weighted by molar-refractivity contribution is 0.132. The molecule has 4 heterocycles. The number of halogens is 2. The first kappa shape index (κ1) is 25.5. The Morgan fingerprint density at radius 1 is 0.946 bits per heavy atom. The molecule has 2 aliphatic heterocycles. The lowest BCUT2D eigenvalue weighted by Crippen LogP contribution is -2.45. The van der Waals surface area contributed by atoms with Gasteiger partial charge in [-0.05, 0) is 44.2 Å². The lowest BCUT2D eigenvalue weighted by Gasteiger charge is -2.34. The van der Waals surface area contributed by atoms with Gasteiger partial charge in [-0.2, -0.15) is 0 Å². The average molecular weight is 509 g/mol. The van der Waals surface area contributed by atoms with E-state index in [-0.39, 0.29) is 17.5 Å². The minimum Gasteiger partial charge on any atom is -0.486 e. The Balaban J connectivity index is 1.32. The van der Waals surface area contributed by atoms with E-state index in [1.54, 1.807) is 6.07 Å². The summed E-state index contributed by atoms with van der Waals surface area (Å²) >= 11 is 0. The van der Waals surface area contributed by atoms with Crippen molar-refractivity contribution < 1.29 is 13.5 Å². The first-order valence-corrected chi connectivity index (χ1v) is 13.0. The summed E-state index contributed by atoms with van der Waals surface area (Å²) in [4.78, 5) is 20.2. The Bertz CT molecular complexity index is 1230. The zero-order chi connectivity index (χ0) is 25.9. The lowest BCUT2D eigenvalue weighted by atomic mass is 10.1. The van der Waals surface area contributed by atoms with Gasteiger partial charge in [-0.3, -0.25) is 9.88 Å². The largest absolute Gasteiger partial charge is 0.486 e. The molecular formula is C28H34F2N6O. The molecule has 7 nitrogen and oxygen atoms in total. The molecule has 5 rings (SSSR count). The summed E-state index contributed by atoms with van der Waals surface area (Å²) in [6, 6.07) is 7.24. The molecule has 2 aromatic heterocycles. The molecule has 0 bridgehead atoms. The summed E-state index contributed by atoms with van der Waals surface area (Å²) in [7, 11) is 0. The molecule has 0 spiro atoms. The van der Waals surface area contributed by atoms with Crippen molar-refractivity contribution in [1.82, 2.24) is 24.8 Å². The number of piperazine rings is 1. The molecule has 37 heavy (non-hydrogen) atoms. The number of fused-ring (bicyclic) bond motifs is 1. The molecule has 1 aromatic carbocycles. The third-order valence-corrected chi connectivity index (χ3v) is 7.15. The maximum Gasteiger partial charge on any atom is 0.178 e. The Kier molecular flexibility index (Phi) is 7.62. The third-order valence-electron chi connectivity index (χ3n) is 7.15. The summed E-state index contributed by atoms with van der Waals surface area (Å²) in [5.74, 6) is -0.481. The van der Waals surface area contributed by atoms with E-state index in [2.05, 4.69) is 42.6 Å². The molecule has 0 saturated carbocycles. The van der Waals surface area contributed by atoms with E-state index in [0.29, 0.717) is 36.6 Å². The summed E-state index contributed by atoms with van der Waals surface area (Å²) in [5.41, 5.74) is 3.01. The highest BCUT2D eigenvalue weighted by molar-refractivity contribution is 5.72. The van der Waals surface area contributed by atoms with Crippen molar-refractivity contribution in [1.29, 1.82) is 0 Å². The van der Waals surface area contributed by atoms with Crippen LogP contribution in [0, 0.1) is 11.6 Å². The van der Waals surface area contributed by atoms with Gasteiger partial charge in [0.05, 0.1) is 24.8 Å². The average Bonchev–Trinajstić information content (AvgIpc) is 2.91. The zero-order valence-electron chi connectivity index (χ0n) is 21.8. The Morgan fingerprint density at radius 2 is 1.73 bits per heavy atom. The molecule has 0 aliphatic carbocycles. The van der Waals surface area contributed by atoms with Crippen LogP contribution >= 0.6 is 0 Å². The van der Waals surface area contributed by atoms with E-state index in [0.717, 1.165) is 56.7 Å². The van der Waals surface area contributed by atoms with Crippen molar-refractivity contribution >= 4 is 5.69 Å². The van der Waals surface area contributed by atoms with Crippen molar-refractivity contribution in [2.45, 2.75) is 39.8 Å². The first-order valence-electron chi connectivity index (χ1n) is 13.0. The van der Waals surface area contributed by atoms with Gasteiger partial charge in [-0.15, -0.1) is 0 Å². The molecule has 0 N–H and O–H groups in total. The standard InChI is InChI=1S/C28H34F2N6O/c1-4-34-7-9-35(10-8-34)18-20-5-6-22(31-16-20)15-26-32-17-24(30)27(33-26)21-13-23(29)28-25(14-21)36(19(2)3)11-12-37-28/h5-6,13-14,16-17,19H,4,7-12,15,18H2,1-3H3. The van der Waals surface area contributed by atoms with Gasteiger partial charge in [0.2, 0.25) is 0 Å². The number of nitrogens with zero attached hydrogens (tertiary/aromatic N) is 6. The molecule has 1 saturated heterocycles. The molecule has 1 fully saturated rings. The second kappa shape index (κ2) is 11.1. The number of benzene rings is 1. The van der Waals surface area contributed by atoms with E-state index in [1.165, 1.54) is 6.07 Å². The van der Waals surface area contributed by atoms with Crippen LogP contribution in [0.3, 0.4) is 0 Å². The fraction of sp³-hybridized carbons (Fsp3) is 0.464. The van der Waals surface area contributed by atoms with Gasteiger partial charge < -0.3 is 14.5 Å². The van der Waals surface area contributed by atoms with E-state index in [4.69, 9.17) is 4.74 Å². The van der Waals surface area contributed by atoms with Gasteiger partial charge >= 0.3 is 0 Å². The minimum absolute atomic E-state index is 0.0730. The summed E-state index contributed by atoms with van der Waals surface area (Å²) in [5, 5.41) is 0. The fourth-order valence-electron chi connectivity index (χ4n) is 5.00. The number of ether oxygens (including phenoxy) is 1. The fourth-order valence-corrected chi connectivity index (χ4v) is 5.00. The topological polar surface area (TPSA) is 57.6 Å². The monoisotopic (exact) mass is 508 g/mol. The highest BCUT2D eigenvalue weighted by atomic mass is 19.1. The van der Waals surface area contributed by atoms with E-state index in [9.17, 15) is 8.78 Å². The highest BCUT2D eigenvalue weighted by Gasteiger charge is 2.26. The highest BCUT2D eigenvalue weighted by Crippen LogP contribution is 2.39. The zero-order valence-corrected chi connectivity index (χ0v) is 21.8. The van der Waals surface area contributed by atoms with Crippen molar-refractivity contribution in [3.05, 3.63) is 65.4 Å². The van der Waals surface area contributed by atoms with Gasteiger partial charge in [0.25, 0.3) is 0 Å². The Morgan fingerprint density at radius 3 is 2.43 bits per heavy atom. The van der Waals surface area contributed by atoms with E-state index >= 15 is 0 Å². The molecule has 0 unspecified atom stereocenters. The minimum atomic E-state index is -0.595. The van der Waals surface area contributed by atoms with Crippen LogP contribution in [0.2, 0.25) is 0 Å². The van der Waals surface area contributed by atoms with Crippen LogP contribution in [0.15, 0.2) is 36.7 Å². The molecule has 3 aromatic rings. The van der Waals surface area contributed by atoms with E-state index < -0.39 is 11.6 Å². The van der Waals surface area contributed by atoms with Crippen LogP contribution in [0.25, 0.3) is 11.3 Å². The predicted octanol–water partition coefficient (Wildman–Crippen LogP) is 4.15. The Hall–Kier alpha value is -3.17. The molecule has 2 aliphatic rings. The smallest absolute Gasteiger partial charge is 0.178 e. The Labute approximate surface area is 217 Å². The number of pyridine rings is 1. The van der Waals surface area contributed by atoms with Crippen molar-refractivity contribution in [3.63, 3.8) is 0 Å². The van der Waals surface area contributed by atoms with Gasteiger partial charge in [0.1, 0.15) is 18.1 Å². The van der Waals surface area contributed by atoms with Crippen molar-refractivity contribution in [2.24, 2.45) is 0 Å². The summed E-state index contributed by atoms with van der Waals surface area (Å²) in [6.07, 6.45) is 3.40. The number of hydrogen-bond acceptors (Lipinski definition) is 7. The van der Waals surface area contributed by atoms with Crippen LogP contribution in [-0.4, -0.2) is 76.7 Å². The summed E-state index contributed by atoms with van der Waals surface area (Å²) in [6.45, 7) is 13.6. The van der Waals surface area contributed by atoms with Crippen molar-refractivity contribution in [3.8, 4) is 17.0 Å². The number of hydrogen-bond donors (Lipinski definition) is 0. The SMILES string of the molecule is CCN1CCN(Cc2ccc(Cc3ncc(F)c(-c4cc(F)c5c(c4)N(C(C)C)CCO5)n3)nc2)CC1. The normalized spacial score (nSPS) is 16.6. The third kappa shape index (κ3) is 5.72. The maximum absolute atomic E-state index is 14.9. The number of rotatable bonds is 7. The van der Waals surface area contributed by atoms with Crippen LogP contribution < -0.4 is 9.64 Å². The van der Waals surface area contributed by atoms with Gasteiger partial charge in [-0.1, -0.05) is 13.0 Å². The van der Waals surface area contributed by atoms with Crippen LogP contribution in [-0.2, 0) is 13.0 Å². The number of aromatic nitrogens is 3. The maximum atomic E-state index is 14.9. The second-order valence-electron chi connectivity index (χ2n) is 9.97. The quantitative estimate of drug-likeness (QED) is 0.475. The van der Waals surface area contributed by atoms with Crippen LogP contribution in [0.1, 0.15) is 37.9 Å². The van der Waals surface area contributed by atoms with Crippen LogP contribution in [0.5, 0.6) is 5.75 Å². The number of likely N-dealkylation sites (N-methyl/N-ethyl adjacent to an activating group) is 1.